The first-order valence-corrected chi connectivity index (χ1v) is 6.15. The third-order valence-electron chi connectivity index (χ3n) is 2.72. The van der Waals surface area contributed by atoms with E-state index >= 15 is 0 Å². The van der Waals surface area contributed by atoms with Gasteiger partial charge >= 0.3 is 0 Å². The van der Waals surface area contributed by atoms with Crippen molar-refractivity contribution in [1.82, 2.24) is 9.78 Å². The summed E-state index contributed by atoms with van der Waals surface area (Å²) in [5.74, 6) is -0.00296. The van der Waals surface area contributed by atoms with Crippen LogP contribution in [0.3, 0.4) is 0 Å². The van der Waals surface area contributed by atoms with E-state index in [9.17, 15) is 4.79 Å². The van der Waals surface area contributed by atoms with E-state index in [0.717, 1.165) is 15.8 Å². The zero-order valence-electron chi connectivity index (χ0n) is 9.25. The minimum atomic E-state index is -0.00296. The van der Waals surface area contributed by atoms with E-state index < -0.39 is 0 Å². The molecule has 2 aromatic heterocycles. The van der Waals surface area contributed by atoms with Crippen LogP contribution in [0.4, 0.5) is 0 Å². The summed E-state index contributed by atoms with van der Waals surface area (Å²) in [7, 11) is 1.85. The minimum Gasteiger partial charge on any atom is -0.286 e. The lowest BCUT2D eigenvalue weighted by Crippen LogP contribution is -2.01. The zero-order valence-corrected chi connectivity index (χ0v) is 10.1. The van der Waals surface area contributed by atoms with Gasteiger partial charge in [-0.3, -0.25) is 9.48 Å². The van der Waals surface area contributed by atoms with Gasteiger partial charge in [0.05, 0.1) is 10.4 Å². The Balaban J connectivity index is 2.22. The molecule has 3 aromatic rings. The number of carbonyl (C=O) groups is 1. The Morgan fingerprint density at radius 3 is 2.82 bits per heavy atom. The zero-order chi connectivity index (χ0) is 11.8. The first kappa shape index (κ1) is 10.2. The normalized spacial score (nSPS) is 10.9. The molecule has 3 nitrogen and oxygen atoms in total. The predicted molar refractivity (Wildman–Crippen MR) is 68.5 cm³/mol. The fourth-order valence-corrected chi connectivity index (χ4v) is 2.57. The molecule has 84 valence electrons. The third-order valence-corrected chi connectivity index (χ3v) is 3.59. The number of hydrogen-bond acceptors (Lipinski definition) is 3. The van der Waals surface area contributed by atoms with Gasteiger partial charge in [0.15, 0.2) is 0 Å². The van der Waals surface area contributed by atoms with Crippen LogP contribution in [-0.2, 0) is 7.05 Å². The maximum atomic E-state index is 12.3. The van der Waals surface area contributed by atoms with Crippen molar-refractivity contribution in [3.8, 4) is 0 Å². The number of aryl methyl sites for hydroxylation is 1. The molecule has 0 aliphatic carbocycles. The van der Waals surface area contributed by atoms with E-state index in [1.165, 1.54) is 11.3 Å². The van der Waals surface area contributed by atoms with Gasteiger partial charge in [0.1, 0.15) is 5.69 Å². The molecule has 0 N–H and O–H groups in total. The number of hydrogen-bond donors (Lipinski definition) is 0. The molecule has 0 aliphatic heterocycles. The van der Waals surface area contributed by atoms with Gasteiger partial charge in [0.25, 0.3) is 0 Å². The largest absolute Gasteiger partial charge is 0.286 e. The lowest BCUT2D eigenvalue weighted by atomic mass is 10.1. The average molecular weight is 242 g/mol. The Hall–Kier alpha value is -1.94. The molecule has 17 heavy (non-hydrogen) atoms. The van der Waals surface area contributed by atoms with Crippen LogP contribution < -0.4 is 0 Å². The number of fused-ring (bicyclic) bond motifs is 1. The molecule has 3 rings (SSSR count). The van der Waals surface area contributed by atoms with E-state index in [1.54, 1.807) is 4.68 Å². The molecule has 1 aromatic carbocycles. The highest BCUT2D eigenvalue weighted by Gasteiger charge is 2.17. The second-order valence-corrected chi connectivity index (χ2v) is 4.74. The molecular formula is C13H10N2OS. The van der Waals surface area contributed by atoms with E-state index in [1.807, 2.05) is 48.8 Å². The van der Waals surface area contributed by atoms with Crippen molar-refractivity contribution in [2.24, 2.45) is 7.05 Å². The lowest BCUT2D eigenvalue weighted by molar-refractivity contribution is 0.103. The first-order valence-electron chi connectivity index (χ1n) is 5.27. The second-order valence-electron chi connectivity index (χ2n) is 3.80. The van der Waals surface area contributed by atoms with Crippen LogP contribution in [-0.4, -0.2) is 15.6 Å². The number of thiophene rings is 1. The van der Waals surface area contributed by atoms with Gasteiger partial charge in [-0.15, -0.1) is 11.3 Å². The predicted octanol–water partition coefficient (Wildman–Crippen LogP) is 2.87. The van der Waals surface area contributed by atoms with E-state index in [0.29, 0.717) is 5.69 Å². The summed E-state index contributed by atoms with van der Waals surface area (Å²) in [5.41, 5.74) is 1.51. The molecular weight excluding hydrogens is 232 g/mol. The smallest absolute Gasteiger partial charge is 0.223 e. The summed E-state index contributed by atoms with van der Waals surface area (Å²) < 4.78 is 1.75. The van der Waals surface area contributed by atoms with Crippen molar-refractivity contribution in [2.45, 2.75) is 0 Å². The van der Waals surface area contributed by atoms with Crippen LogP contribution in [0.25, 0.3) is 10.9 Å². The molecule has 0 radical (unpaired) electrons. The number of rotatable bonds is 2. The molecule has 2 heterocycles. The van der Waals surface area contributed by atoms with Crippen molar-refractivity contribution in [1.29, 1.82) is 0 Å². The van der Waals surface area contributed by atoms with Crippen molar-refractivity contribution < 1.29 is 4.79 Å². The molecule has 0 amide bonds. The van der Waals surface area contributed by atoms with Crippen molar-refractivity contribution in [2.75, 3.05) is 0 Å². The van der Waals surface area contributed by atoms with Gasteiger partial charge in [-0.05, 0) is 17.5 Å². The van der Waals surface area contributed by atoms with Gasteiger partial charge in [-0.2, -0.15) is 5.10 Å². The summed E-state index contributed by atoms with van der Waals surface area (Å²) in [6.45, 7) is 0. The number of benzene rings is 1. The van der Waals surface area contributed by atoms with Gasteiger partial charge in [0.2, 0.25) is 5.78 Å². The van der Waals surface area contributed by atoms with Gasteiger partial charge in [-0.1, -0.05) is 24.3 Å². The van der Waals surface area contributed by atoms with E-state index in [-0.39, 0.29) is 5.78 Å². The van der Waals surface area contributed by atoms with E-state index in [2.05, 4.69) is 5.10 Å². The Labute approximate surface area is 102 Å². The number of ketones is 1. The molecule has 0 fully saturated rings. The molecule has 0 saturated heterocycles. The molecule has 0 saturated carbocycles. The van der Waals surface area contributed by atoms with Gasteiger partial charge < -0.3 is 0 Å². The Bertz CT molecular complexity index is 683. The topological polar surface area (TPSA) is 34.9 Å². The minimum absolute atomic E-state index is 0.00296. The summed E-state index contributed by atoms with van der Waals surface area (Å²) in [4.78, 5) is 13.0. The maximum Gasteiger partial charge on any atom is 0.223 e. The summed E-state index contributed by atoms with van der Waals surface area (Å²) in [5, 5.41) is 7.13. The maximum absolute atomic E-state index is 12.3. The first-order chi connectivity index (χ1) is 8.27. The summed E-state index contributed by atoms with van der Waals surface area (Å²) in [6, 6.07) is 11.5. The highest BCUT2D eigenvalue weighted by Crippen LogP contribution is 2.22. The average Bonchev–Trinajstić information content (AvgIpc) is 2.97. The Morgan fingerprint density at radius 1 is 1.24 bits per heavy atom. The molecule has 4 heteroatoms. The van der Waals surface area contributed by atoms with Crippen LogP contribution in [0.1, 0.15) is 15.4 Å². The molecule has 0 bridgehead atoms. The Morgan fingerprint density at radius 2 is 2.06 bits per heavy atom. The van der Waals surface area contributed by atoms with E-state index in [4.69, 9.17) is 0 Å². The number of aromatic nitrogens is 2. The molecule has 0 unspecified atom stereocenters. The molecule has 0 aliphatic rings. The molecule has 0 spiro atoms. The lowest BCUT2D eigenvalue weighted by Gasteiger charge is -1.93. The fraction of sp³-hybridized carbons (Fsp3) is 0.0769. The standard InChI is InChI=1S/C13H10N2OS/c1-15-10-6-3-2-5-9(10)12(14-15)13(16)11-7-4-8-17-11/h2-8H,1H3. The SMILES string of the molecule is Cn1nc(C(=O)c2cccs2)c2ccccc21. The monoisotopic (exact) mass is 242 g/mol. The van der Waals surface area contributed by atoms with Crippen molar-refractivity contribution in [3.05, 3.63) is 52.3 Å². The number of carbonyl (C=O) groups excluding carboxylic acids is 1. The van der Waals surface area contributed by atoms with Gasteiger partial charge in [0, 0.05) is 12.4 Å². The number of nitrogens with zero attached hydrogens (tertiary/aromatic N) is 2. The van der Waals surface area contributed by atoms with Crippen molar-refractivity contribution >= 4 is 28.0 Å². The van der Waals surface area contributed by atoms with Crippen LogP contribution in [0.5, 0.6) is 0 Å². The Kier molecular flexibility index (Phi) is 2.30. The van der Waals surface area contributed by atoms with Crippen LogP contribution in [0.15, 0.2) is 41.8 Å². The number of para-hydroxylation sites is 1. The highest BCUT2D eigenvalue weighted by molar-refractivity contribution is 7.12. The summed E-state index contributed by atoms with van der Waals surface area (Å²) >= 11 is 1.44. The fourth-order valence-electron chi connectivity index (χ4n) is 1.91. The summed E-state index contributed by atoms with van der Waals surface area (Å²) in [6.07, 6.45) is 0. The van der Waals surface area contributed by atoms with Crippen LogP contribution in [0.2, 0.25) is 0 Å². The third kappa shape index (κ3) is 1.57. The second kappa shape index (κ2) is 3.82. The quantitative estimate of drug-likeness (QED) is 0.648. The van der Waals surface area contributed by atoms with Crippen molar-refractivity contribution in [3.63, 3.8) is 0 Å². The van der Waals surface area contributed by atoms with Crippen LogP contribution >= 0.6 is 11.3 Å². The van der Waals surface area contributed by atoms with Gasteiger partial charge in [-0.25, -0.2) is 0 Å². The van der Waals surface area contributed by atoms with Crippen LogP contribution in [0, 0.1) is 0 Å². The molecule has 0 atom stereocenters. The highest BCUT2D eigenvalue weighted by atomic mass is 32.1.